The van der Waals surface area contributed by atoms with Crippen molar-refractivity contribution in [2.45, 2.75) is 6.54 Å². The van der Waals surface area contributed by atoms with Gasteiger partial charge in [0.2, 0.25) is 0 Å². The Labute approximate surface area is 210 Å². The van der Waals surface area contributed by atoms with Gasteiger partial charge in [0.1, 0.15) is 0 Å². The molecule has 2 aromatic rings. The van der Waals surface area contributed by atoms with Gasteiger partial charge in [-0.05, 0) is 41.1 Å². The fourth-order valence-corrected chi connectivity index (χ4v) is 4.47. The standard InChI is InChI=1S/C24H23N3O8S/c1-33-20-12-17(4-7-19(20)35-15-22(28)25-8-10-34-11-9-25)13-21-23(29)26(24(30)36-21)14-16-2-5-18(6-3-16)27(31)32/h2-7,12-13H,8-11,14-15H2,1H3/b21-13-. The van der Waals surface area contributed by atoms with E-state index in [0.717, 1.165) is 16.7 Å². The minimum Gasteiger partial charge on any atom is -0.493 e. The number of rotatable bonds is 8. The van der Waals surface area contributed by atoms with Gasteiger partial charge in [0.25, 0.3) is 22.7 Å². The number of hydrogen-bond acceptors (Lipinski definition) is 9. The molecule has 0 aromatic heterocycles. The van der Waals surface area contributed by atoms with Gasteiger partial charge in [0, 0.05) is 25.2 Å². The van der Waals surface area contributed by atoms with Crippen LogP contribution >= 0.6 is 11.8 Å². The zero-order chi connectivity index (χ0) is 25.7. The number of imide groups is 1. The van der Waals surface area contributed by atoms with E-state index in [1.165, 1.54) is 31.4 Å². The van der Waals surface area contributed by atoms with Gasteiger partial charge in [0.15, 0.2) is 18.1 Å². The van der Waals surface area contributed by atoms with Crippen LogP contribution in [0.5, 0.6) is 11.5 Å². The van der Waals surface area contributed by atoms with Gasteiger partial charge >= 0.3 is 0 Å². The first-order valence-corrected chi connectivity index (χ1v) is 11.8. The number of non-ortho nitro benzene ring substituents is 1. The van der Waals surface area contributed by atoms with Crippen molar-refractivity contribution in [2.75, 3.05) is 40.0 Å². The largest absolute Gasteiger partial charge is 0.493 e. The highest BCUT2D eigenvalue weighted by Gasteiger charge is 2.35. The Balaban J connectivity index is 1.42. The first-order chi connectivity index (χ1) is 17.4. The summed E-state index contributed by atoms with van der Waals surface area (Å²) in [5.41, 5.74) is 1.14. The second kappa shape index (κ2) is 11.2. The third kappa shape index (κ3) is 5.83. The van der Waals surface area contributed by atoms with Crippen LogP contribution in [-0.2, 0) is 20.9 Å². The molecule has 0 atom stereocenters. The smallest absolute Gasteiger partial charge is 0.293 e. The van der Waals surface area contributed by atoms with Crippen LogP contribution in [0, 0.1) is 10.1 Å². The first kappa shape index (κ1) is 25.2. The number of carbonyl (C=O) groups excluding carboxylic acids is 3. The number of ether oxygens (including phenoxy) is 3. The normalized spacial score (nSPS) is 17.0. The molecule has 2 saturated heterocycles. The molecule has 11 nitrogen and oxygen atoms in total. The third-order valence-electron chi connectivity index (χ3n) is 5.56. The van der Waals surface area contributed by atoms with E-state index in [-0.39, 0.29) is 29.7 Å². The molecule has 188 valence electrons. The summed E-state index contributed by atoms with van der Waals surface area (Å²) in [6.45, 7) is 1.92. The number of nitrogens with zero attached hydrogens (tertiary/aromatic N) is 3. The molecule has 12 heteroatoms. The average molecular weight is 514 g/mol. The molecule has 0 bridgehead atoms. The van der Waals surface area contributed by atoms with Crippen LogP contribution < -0.4 is 9.47 Å². The minimum atomic E-state index is -0.515. The van der Waals surface area contributed by atoms with Crippen molar-refractivity contribution in [2.24, 2.45) is 0 Å². The third-order valence-corrected chi connectivity index (χ3v) is 6.47. The molecular formula is C24H23N3O8S. The Kier molecular flexibility index (Phi) is 7.86. The summed E-state index contributed by atoms with van der Waals surface area (Å²) in [5.74, 6) is 0.149. The van der Waals surface area contributed by atoms with Gasteiger partial charge < -0.3 is 19.1 Å². The monoisotopic (exact) mass is 513 g/mol. The summed E-state index contributed by atoms with van der Waals surface area (Å²) in [4.78, 5) is 50.9. The van der Waals surface area contributed by atoms with Crippen molar-refractivity contribution >= 4 is 40.6 Å². The molecule has 36 heavy (non-hydrogen) atoms. The van der Waals surface area contributed by atoms with E-state index in [1.54, 1.807) is 29.2 Å². The van der Waals surface area contributed by atoms with E-state index in [0.29, 0.717) is 48.9 Å². The summed E-state index contributed by atoms with van der Waals surface area (Å²) in [5, 5.41) is 10.4. The summed E-state index contributed by atoms with van der Waals surface area (Å²) >= 11 is 0.809. The Bertz CT molecular complexity index is 1210. The van der Waals surface area contributed by atoms with E-state index in [1.807, 2.05) is 0 Å². The molecule has 2 aliphatic heterocycles. The molecular weight excluding hydrogens is 490 g/mol. The summed E-state index contributed by atoms with van der Waals surface area (Å²) in [7, 11) is 1.47. The maximum atomic E-state index is 12.8. The van der Waals surface area contributed by atoms with E-state index in [4.69, 9.17) is 14.2 Å². The predicted molar refractivity (Wildman–Crippen MR) is 130 cm³/mol. The van der Waals surface area contributed by atoms with E-state index in [9.17, 15) is 24.5 Å². The van der Waals surface area contributed by atoms with Gasteiger partial charge in [-0.2, -0.15) is 0 Å². The average Bonchev–Trinajstić information content (AvgIpc) is 3.15. The number of benzene rings is 2. The molecule has 0 aliphatic carbocycles. The molecule has 0 radical (unpaired) electrons. The second-order valence-corrected chi connectivity index (χ2v) is 8.88. The lowest BCUT2D eigenvalue weighted by Gasteiger charge is -2.26. The van der Waals surface area contributed by atoms with Crippen molar-refractivity contribution in [3.05, 3.63) is 68.6 Å². The zero-order valence-corrected chi connectivity index (χ0v) is 20.2. The molecule has 2 aromatic carbocycles. The Morgan fingerprint density at radius 1 is 1.14 bits per heavy atom. The molecule has 4 rings (SSSR count). The van der Waals surface area contributed by atoms with Crippen LogP contribution in [0.4, 0.5) is 10.5 Å². The van der Waals surface area contributed by atoms with Crippen LogP contribution in [0.1, 0.15) is 11.1 Å². The van der Waals surface area contributed by atoms with Crippen LogP contribution in [-0.4, -0.2) is 71.8 Å². The Morgan fingerprint density at radius 2 is 1.86 bits per heavy atom. The molecule has 3 amide bonds. The molecule has 0 spiro atoms. The quantitative estimate of drug-likeness (QED) is 0.297. The maximum absolute atomic E-state index is 12.8. The van der Waals surface area contributed by atoms with Crippen molar-refractivity contribution < 1.29 is 33.5 Å². The number of amides is 3. The fraction of sp³-hybridized carbons (Fsp3) is 0.292. The number of carbonyl (C=O) groups is 3. The Morgan fingerprint density at radius 3 is 2.53 bits per heavy atom. The number of nitro groups is 1. The van der Waals surface area contributed by atoms with Crippen molar-refractivity contribution in [3.63, 3.8) is 0 Å². The Hall–Kier alpha value is -3.90. The zero-order valence-electron chi connectivity index (χ0n) is 19.4. The molecule has 2 fully saturated rings. The fourth-order valence-electron chi connectivity index (χ4n) is 3.63. The second-order valence-electron chi connectivity index (χ2n) is 7.88. The van der Waals surface area contributed by atoms with Crippen molar-refractivity contribution in [3.8, 4) is 11.5 Å². The first-order valence-electron chi connectivity index (χ1n) is 11.0. The summed E-state index contributed by atoms with van der Waals surface area (Å²) in [6, 6.07) is 10.7. The van der Waals surface area contributed by atoms with Crippen molar-refractivity contribution in [1.82, 2.24) is 9.80 Å². The van der Waals surface area contributed by atoms with Crippen molar-refractivity contribution in [1.29, 1.82) is 0 Å². The number of morpholine rings is 1. The number of methoxy groups -OCH3 is 1. The van der Waals surface area contributed by atoms with Crippen LogP contribution in [0.2, 0.25) is 0 Å². The molecule has 2 heterocycles. The highest BCUT2D eigenvalue weighted by atomic mass is 32.2. The molecule has 0 saturated carbocycles. The van der Waals surface area contributed by atoms with Gasteiger partial charge in [-0.15, -0.1) is 0 Å². The predicted octanol–water partition coefficient (Wildman–Crippen LogP) is 3.08. The summed E-state index contributed by atoms with van der Waals surface area (Å²) < 4.78 is 16.3. The lowest BCUT2D eigenvalue weighted by Crippen LogP contribution is -2.43. The van der Waals surface area contributed by atoms with Gasteiger partial charge in [0.05, 0.1) is 36.7 Å². The molecule has 0 N–H and O–H groups in total. The van der Waals surface area contributed by atoms with E-state index >= 15 is 0 Å². The number of nitro benzene ring substituents is 1. The SMILES string of the molecule is COc1cc(/C=C2\SC(=O)N(Cc3ccc([N+](=O)[O-])cc3)C2=O)ccc1OCC(=O)N1CCOCC1. The van der Waals surface area contributed by atoms with Gasteiger partial charge in [-0.3, -0.25) is 29.4 Å². The molecule has 0 unspecified atom stereocenters. The van der Waals surface area contributed by atoms with E-state index in [2.05, 4.69) is 0 Å². The van der Waals surface area contributed by atoms with Gasteiger partial charge in [-0.1, -0.05) is 18.2 Å². The topological polar surface area (TPSA) is 129 Å². The number of hydrogen-bond donors (Lipinski definition) is 0. The summed E-state index contributed by atoms with van der Waals surface area (Å²) in [6.07, 6.45) is 1.58. The maximum Gasteiger partial charge on any atom is 0.293 e. The lowest BCUT2D eigenvalue weighted by molar-refractivity contribution is -0.384. The lowest BCUT2D eigenvalue weighted by atomic mass is 10.1. The van der Waals surface area contributed by atoms with Crippen LogP contribution in [0.25, 0.3) is 6.08 Å². The van der Waals surface area contributed by atoms with Crippen LogP contribution in [0.3, 0.4) is 0 Å². The highest BCUT2D eigenvalue weighted by Crippen LogP contribution is 2.35. The minimum absolute atomic E-state index is 0.00721. The number of thioether (sulfide) groups is 1. The van der Waals surface area contributed by atoms with Gasteiger partial charge in [-0.25, -0.2) is 0 Å². The van der Waals surface area contributed by atoms with Crippen LogP contribution in [0.15, 0.2) is 47.4 Å². The molecule has 2 aliphatic rings. The highest BCUT2D eigenvalue weighted by molar-refractivity contribution is 8.18. The van der Waals surface area contributed by atoms with E-state index < -0.39 is 16.1 Å².